The van der Waals surface area contributed by atoms with Crippen LogP contribution in [0.15, 0.2) is 42.5 Å². The molecule has 0 bridgehead atoms. The van der Waals surface area contributed by atoms with Gasteiger partial charge >= 0.3 is 0 Å². The number of halogens is 1. The molecule has 20 heavy (non-hydrogen) atoms. The maximum atomic E-state index is 14.2. The summed E-state index contributed by atoms with van der Waals surface area (Å²) in [5.74, 6) is 0.480. The number of hydrogen-bond donors (Lipinski definition) is 1. The van der Waals surface area contributed by atoms with E-state index >= 15 is 0 Å². The van der Waals surface area contributed by atoms with Crippen molar-refractivity contribution in [3.05, 3.63) is 65.0 Å². The van der Waals surface area contributed by atoms with Crippen LogP contribution in [0.4, 0.5) is 4.39 Å². The Hall–Kier alpha value is -1.87. The molecule has 2 aromatic rings. The summed E-state index contributed by atoms with van der Waals surface area (Å²) in [6, 6.07) is 12.3. The normalized spacial score (nSPS) is 12.2. The number of ether oxygens (including phenoxy) is 1. The van der Waals surface area contributed by atoms with Crippen molar-refractivity contribution in [2.45, 2.75) is 26.3 Å². The van der Waals surface area contributed by atoms with Crippen LogP contribution in [0.25, 0.3) is 0 Å². The summed E-state index contributed by atoms with van der Waals surface area (Å²) in [5, 5.41) is 0. The summed E-state index contributed by atoms with van der Waals surface area (Å²) in [6.07, 6.45) is 0.919. The van der Waals surface area contributed by atoms with Gasteiger partial charge in [-0.1, -0.05) is 43.3 Å². The molecule has 0 aliphatic heterocycles. The molecule has 0 saturated carbocycles. The molecule has 0 amide bonds. The summed E-state index contributed by atoms with van der Waals surface area (Å²) >= 11 is 0. The van der Waals surface area contributed by atoms with Crippen molar-refractivity contribution in [1.82, 2.24) is 0 Å². The quantitative estimate of drug-likeness (QED) is 0.894. The Bertz CT molecular complexity index is 583. The molecule has 106 valence electrons. The van der Waals surface area contributed by atoms with E-state index in [9.17, 15) is 4.39 Å². The van der Waals surface area contributed by atoms with Gasteiger partial charge in [0.1, 0.15) is 11.6 Å². The summed E-state index contributed by atoms with van der Waals surface area (Å²) in [5.41, 5.74) is 8.15. The molecule has 1 atom stereocenters. The fourth-order valence-corrected chi connectivity index (χ4v) is 2.16. The van der Waals surface area contributed by atoms with Gasteiger partial charge in [-0.2, -0.15) is 0 Å². The highest BCUT2D eigenvalue weighted by molar-refractivity contribution is 5.42. The molecule has 0 fully saturated rings. The van der Waals surface area contributed by atoms with Crippen LogP contribution in [0.1, 0.15) is 36.1 Å². The van der Waals surface area contributed by atoms with Gasteiger partial charge in [-0.25, -0.2) is 4.39 Å². The second-order valence-electron chi connectivity index (χ2n) is 4.84. The lowest BCUT2D eigenvalue weighted by Crippen LogP contribution is -2.15. The van der Waals surface area contributed by atoms with Gasteiger partial charge in [0.05, 0.1) is 12.6 Å². The molecule has 2 nitrogen and oxygen atoms in total. The molecule has 2 aromatic carbocycles. The SMILES string of the molecule is CCCOc1ccccc1C(N)c1cccc(C)c1F. The lowest BCUT2D eigenvalue weighted by Gasteiger charge is -2.18. The first kappa shape index (κ1) is 14.5. The second-order valence-corrected chi connectivity index (χ2v) is 4.84. The first-order valence-electron chi connectivity index (χ1n) is 6.87. The Balaban J connectivity index is 2.38. The van der Waals surface area contributed by atoms with Gasteiger partial charge in [-0.05, 0) is 25.0 Å². The van der Waals surface area contributed by atoms with Crippen molar-refractivity contribution >= 4 is 0 Å². The number of aryl methyl sites for hydroxylation is 1. The first-order valence-corrected chi connectivity index (χ1v) is 6.87. The van der Waals surface area contributed by atoms with Crippen LogP contribution in [0.5, 0.6) is 5.75 Å². The molecule has 0 aromatic heterocycles. The maximum Gasteiger partial charge on any atom is 0.131 e. The number of nitrogens with two attached hydrogens (primary N) is 1. The minimum absolute atomic E-state index is 0.245. The molecule has 1 unspecified atom stereocenters. The zero-order chi connectivity index (χ0) is 14.5. The highest BCUT2D eigenvalue weighted by atomic mass is 19.1. The minimum atomic E-state index is -0.525. The predicted molar refractivity (Wildman–Crippen MR) is 79.4 cm³/mol. The number of hydrogen-bond acceptors (Lipinski definition) is 2. The second kappa shape index (κ2) is 6.53. The Morgan fingerprint density at radius 2 is 1.80 bits per heavy atom. The monoisotopic (exact) mass is 273 g/mol. The molecule has 2 N–H and O–H groups in total. The molecule has 0 aliphatic carbocycles. The largest absolute Gasteiger partial charge is 0.493 e. The van der Waals surface area contributed by atoms with Crippen molar-refractivity contribution in [3.63, 3.8) is 0 Å². The van der Waals surface area contributed by atoms with E-state index in [1.54, 1.807) is 19.1 Å². The average Bonchev–Trinajstić information content (AvgIpc) is 2.47. The number of para-hydroxylation sites is 1. The van der Waals surface area contributed by atoms with Gasteiger partial charge in [-0.3, -0.25) is 0 Å². The fourth-order valence-electron chi connectivity index (χ4n) is 2.16. The van der Waals surface area contributed by atoms with Crippen LogP contribution in [0.3, 0.4) is 0 Å². The zero-order valence-electron chi connectivity index (χ0n) is 11.9. The van der Waals surface area contributed by atoms with E-state index in [0.717, 1.165) is 17.7 Å². The van der Waals surface area contributed by atoms with Crippen LogP contribution >= 0.6 is 0 Å². The highest BCUT2D eigenvalue weighted by Crippen LogP contribution is 2.30. The molecular weight excluding hydrogens is 253 g/mol. The lowest BCUT2D eigenvalue weighted by atomic mass is 9.97. The maximum absolute atomic E-state index is 14.2. The van der Waals surface area contributed by atoms with Gasteiger partial charge in [0.2, 0.25) is 0 Å². The van der Waals surface area contributed by atoms with E-state index in [-0.39, 0.29) is 5.82 Å². The fraction of sp³-hybridized carbons (Fsp3) is 0.294. The van der Waals surface area contributed by atoms with Gasteiger partial charge < -0.3 is 10.5 Å². The van der Waals surface area contributed by atoms with Crippen molar-refractivity contribution in [2.24, 2.45) is 5.73 Å². The topological polar surface area (TPSA) is 35.2 Å². The van der Waals surface area contributed by atoms with E-state index in [2.05, 4.69) is 0 Å². The zero-order valence-corrected chi connectivity index (χ0v) is 11.9. The average molecular weight is 273 g/mol. The van der Waals surface area contributed by atoms with E-state index in [4.69, 9.17) is 10.5 Å². The van der Waals surface area contributed by atoms with Crippen LogP contribution in [-0.2, 0) is 0 Å². The van der Waals surface area contributed by atoms with Crippen molar-refractivity contribution in [2.75, 3.05) is 6.61 Å². The highest BCUT2D eigenvalue weighted by Gasteiger charge is 2.18. The van der Waals surface area contributed by atoms with Crippen LogP contribution in [0.2, 0.25) is 0 Å². The molecule has 0 saturated heterocycles. The smallest absolute Gasteiger partial charge is 0.131 e. The number of benzene rings is 2. The summed E-state index contributed by atoms with van der Waals surface area (Å²) < 4.78 is 19.9. The molecule has 2 rings (SSSR count). The minimum Gasteiger partial charge on any atom is -0.493 e. The molecular formula is C17H20FNO. The standard InChI is InChI=1S/C17H20FNO/c1-3-11-20-15-10-5-4-8-13(15)17(19)14-9-6-7-12(2)16(14)18/h4-10,17H,3,11,19H2,1-2H3. The summed E-state index contributed by atoms with van der Waals surface area (Å²) in [6.45, 7) is 4.41. The van der Waals surface area contributed by atoms with Crippen molar-refractivity contribution in [1.29, 1.82) is 0 Å². The van der Waals surface area contributed by atoms with Gasteiger partial charge in [-0.15, -0.1) is 0 Å². The third kappa shape index (κ3) is 2.99. The lowest BCUT2D eigenvalue weighted by molar-refractivity contribution is 0.313. The van der Waals surface area contributed by atoms with Gasteiger partial charge in [0, 0.05) is 11.1 Å². The van der Waals surface area contributed by atoms with Crippen LogP contribution in [-0.4, -0.2) is 6.61 Å². The Morgan fingerprint density at radius 3 is 2.55 bits per heavy atom. The Kier molecular flexibility index (Phi) is 4.74. The van der Waals surface area contributed by atoms with Crippen molar-refractivity contribution < 1.29 is 9.13 Å². The molecule has 3 heteroatoms. The van der Waals surface area contributed by atoms with E-state index in [1.165, 1.54) is 0 Å². The van der Waals surface area contributed by atoms with Crippen molar-refractivity contribution in [3.8, 4) is 5.75 Å². The van der Waals surface area contributed by atoms with Gasteiger partial charge in [0.15, 0.2) is 0 Å². The predicted octanol–water partition coefficient (Wildman–Crippen LogP) is 3.97. The van der Waals surface area contributed by atoms with E-state index in [0.29, 0.717) is 17.7 Å². The Morgan fingerprint density at radius 1 is 1.10 bits per heavy atom. The van der Waals surface area contributed by atoms with Gasteiger partial charge in [0.25, 0.3) is 0 Å². The third-order valence-corrected chi connectivity index (χ3v) is 3.27. The summed E-state index contributed by atoms with van der Waals surface area (Å²) in [7, 11) is 0. The molecule has 0 radical (unpaired) electrons. The Labute approximate surface area is 119 Å². The third-order valence-electron chi connectivity index (χ3n) is 3.27. The van der Waals surface area contributed by atoms with Crippen LogP contribution < -0.4 is 10.5 Å². The summed E-state index contributed by atoms with van der Waals surface area (Å²) in [4.78, 5) is 0. The van der Waals surface area contributed by atoms with Crippen LogP contribution in [0, 0.1) is 12.7 Å². The molecule has 0 spiro atoms. The first-order chi connectivity index (χ1) is 9.65. The molecule has 0 heterocycles. The molecule has 0 aliphatic rings. The number of rotatable bonds is 5. The van der Waals surface area contributed by atoms with E-state index in [1.807, 2.05) is 37.3 Å². The van der Waals surface area contributed by atoms with E-state index < -0.39 is 6.04 Å².